The Labute approximate surface area is 74.1 Å². The number of nitrogens with zero attached hydrogens (tertiary/aromatic N) is 1. The van der Waals surface area contributed by atoms with Crippen LogP contribution in [0.5, 0.6) is 0 Å². The van der Waals surface area contributed by atoms with E-state index in [0.717, 1.165) is 6.42 Å². The second kappa shape index (κ2) is 2.85. The molecule has 0 atom stereocenters. The highest BCUT2D eigenvalue weighted by molar-refractivity contribution is 7.92. The maximum absolute atomic E-state index is 11.5. The van der Waals surface area contributed by atoms with Crippen molar-refractivity contribution in [1.82, 2.24) is 4.31 Å². The first-order chi connectivity index (χ1) is 5.34. The monoisotopic (exact) mass is 189 g/mol. The Kier molecular flexibility index (Phi) is 2.31. The minimum absolute atomic E-state index is 0.302. The van der Waals surface area contributed by atoms with E-state index < -0.39 is 10.0 Å². The maximum atomic E-state index is 11.5. The van der Waals surface area contributed by atoms with Gasteiger partial charge in [-0.1, -0.05) is 6.08 Å². The second-order valence-electron chi connectivity index (χ2n) is 3.95. The van der Waals surface area contributed by atoms with Crippen molar-refractivity contribution in [1.29, 1.82) is 0 Å². The number of rotatable bonds is 0. The third kappa shape index (κ3) is 1.87. The number of hydrogen-bond acceptors (Lipinski definition) is 2. The minimum atomic E-state index is -3.13. The summed E-state index contributed by atoms with van der Waals surface area (Å²) >= 11 is 0. The summed E-state index contributed by atoms with van der Waals surface area (Å²) in [5.41, 5.74) is -0.302. The molecule has 70 valence electrons. The Morgan fingerprint density at radius 3 is 2.25 bits per heavy atom. The molecule has 0 N–H and O–H groups in total. The van der Waals surface area contributed by atoms with Crippen LogP contribution in [0.2, 0.25) is 0 Å². The van der Waals surface area contributed by atoms with Crippen LogP contribution in [-0.2, 0) is 10.0 Å². The van der Waals surface area contributed by atoms with Crippen molar-refractivity contribution in [2.24, 2.45) is 0 Å². The third-order valence-electron chi connectivity index (χ3n) is 1.82. The van der Waals surface area contributed by atoms with Crippen LogP contribution < -0.4 is 0 Å². The summed E-state index contributed by atoms with van der Waals surface area (Å²) in [6, 6.07) is 0. The quantitative estimate of drug-likeness (QED) is 0.576. The lowest BCUT2D eigenvalue weighted by atomic mass is 10.1. The van der Waals surface area contributed by atoms with Crippen LogP contribution in [0.25, 0.3) is 0 Å². The highest BCUT2D eigenvalue weighted by atomic mass is 32.2. The van der Waals surface area contributed by atoms with Crippen LogP contribution in [0, 0.1) is 0 Å². The van der Waals surface area contributed by atoms with Crippen molar-refractivity contribution in [2.75, 3.05) is 6.54 Å². The molecule has 0 spiro atoms. The van der Waals surface area contributed by atoms with Crippen molar-refractivity contribution in [3.05, 3.63) is 11.5 Å². The van der Waals surface area contributed by atoms with Crippen LogP contribution in [-0.4, -0.2) is 24.8 Å². The van der Waals surface area contributed by atoms with E-state index >= 15 is 0 Å². The number of sulfonamides is 1. The fourth-order valence-corrected chi connectivity index (χ4v) is 2.95. The molecular weight excluding hydrogens is 174 g/mol. The topological polar surface area (TPSA) is 37.4 Å². The van der Waals surface area contributed by atoms with Crippen molar-refractivity contribution in [3.63, 3.8) is 0 Å². The van der Waals surface area contributed by atoms with Gasteiger partial charge in [-0.25, -0.2) is 8.42 Å². The van der Waals surface area contributed by atoms with Gasteiger partial charge < -0.3 is 0 Å². The molecule has 0 aromatic heterocycles. The molecule has 1 aliphatic rings. The van der Waals surface area contributed by atoms with E-state index in [1.807, 2.05) is 20.8 Å². The van der Waals surface area contributed by atoms with Crippen molar-refractivity contribution >= 4 is 10.0 Å². The summed E-state index contributed by atoms with van der Waals surface area (Å²) in [5, 5.41) is 1.29. The normalized spacial score (nSPS) is 24.2. The van der Waals surface area contributed by atoms with E-state index in [2.05, 4.69) is 0 Å². The van der Waals surface area contributed by atoms with E-state index in [9.17, 15) is 8.42 Å². The van der Waals surface area contributed by atoms with Gasteiger partial charge in [-0.3, -0.25) is 0 Å². The summed E-state index contributed by atoms with van der Waals surface area (Å²) in [5.74, 6) is 0. The van der Waals surface area contributed by atoms with E-state index in [-0.39, 0.29) is 5.54 Å². The van der Waals surface area contributed by atoms with Gasteiger partial charge in [-0.2, -0.15) is 4.31 Å². The van der Waals surface area contributed by atoms with E-state index in [1.165, 1.54) is 9.71 Å². The van der Waals surface area contributed by atoms with Crippen molar-refractivity contribution in [3.8, 4) is 0 Å². The second-order valence-corrected chi connectivity index (χ2v) is 5.69. The highest BCUT2D eigenvalue weighted by Crippen LogP contribution is 2.22. The summed E-state index contributed by atoms with van der Waals surface area (Å²) < 4.78 is 24.5. The largest absolute Gasteiger partial charge is 0.236 e. The lowest BCUT2D eigenvalue weighted by molar-refractivity contribution is 0.253. The van der Waals surface area contributed by atoms with Crippen LogP contribution in [0.15, 0.2) is 11.5 Å². The zero-order valence-corrected chi connectivity index (χ0v) is 8.56. The summed E-state index contributed by atoms with van der Waals surface area (Å²) in [4.78, 5) is 0. The molecule has 1 heterocycles. The first kappa shape index (κ1) is 9.74. The minimum Gasteiger partial charge on any atom is -0.207 e. The average Bonchev–Trinajstić information content (AvgIpc) is 1.83. The predicted octanol–water partition coefficient (Wildman–Crippen LogP) is 1.33. The van der Waals surface area contributed by atoms with E-state index in [1.54, 1.807) is 6.08 Å². The fraction of sp³-hybridized carbons (Fsp3) is 0.750. The van der Waals surface area contributed by atoms with Crippen LogP contribution in [0.3, 0.4) is 0 Å². The standard InChI is InChI=1S/C8H15NO2S/c1-8(2,3)9-6-4-5-7-12(9,10)11/h5,7H,4,6H2,1-3H3. The van der Waals surface area contributed by atoms with E-state index in [4.69, 9.17) is 0 Å². The zero-order chi connectivity index (χ0) is 9.41. The van der Waals surface area contributed by atoms with Crippen LogP contribution in [0.1, 0.15) is 27.2 Å². The predicted molar refractivity (Wildman–Crippen MR) is 49.1 cm³/mol. The third-order valence-corrected chi connectivity index (χ3v) is 3.70. The lowest BCUT2D eigenvalue weighted by Gasteiger charge is -2.34. The van der Waals surface area contributed by atoms with Gasteiger partial charge in [0.2, 0.25) is 10.0 Å². The van der Waals surface area contributed by atoms with Gasteiger partial charge in [0.05, 0.1) is 0 Å². The SMILES string of the molecule is CC(C)(C)N1CCC=CS1(=O)=O. The smallest absolute Gasteiger partial charge is 0.207 e. The molecule has 0 aromatic rings. The molecule has 0 saturated heterocycles. The van der Waals surface area contributed by atoms with Crippen molar-refractivity contribution in [2.45, 2.75) is 32.7 Å². The summed E-state index contributed by atoms with van der Waals surface area (Å²) in [7, 11) is -3.13. The molecule has 1 rings (SSSR count). The molecule has 0 aromatic carbocycles. The van der Waals surface area contributed by atoms with Gasteiger partial charge in [0.1, 0.15) is 0 Å². The zero-order valence-electron chi connectivity index (χ0n) is 7.74. The molecule has 1 aliphatic heterocycles. The molecule has 0 aliphatic carbocycles. The molecular formula is C8H15NO2S. The lowest BCUT2D eigenvalue weighted by Crippen LogP contribution is -2.46. The molecule has 12 heavy (non-hydrogen) atoms. The van der Waals surface area contributed by atoms with Crippen molar-refractivity contribution < 1.29 is 8.42 Å². The molecule has 0 unspecified atom stereocenters. The van der Waals surface area contributed by atoms with Gasteiger partial charge in [0, 0.05) is 17.5 Å². The van der Waals surface area contributed by atoms with Gasteiger partial charge in [0.15, 0.2) is 0 Å². The Bertz CT molecular complexity index is 285. The number of hydrogen-bond donors (Lipinski definition) is 0. The Morgan fingerprint density at radius 1 is 1.33 bits per heavy atom. The fourth-order valence-electron chi connectivity index (χ4n) is 1.30. The summed E-state index contributed by atoms with van der Waals surface area (Å²) in [6.07, 6.45) is 2.52. The first-order valence-electron chi connectivity index (χ1n) is 4.03. The molecule has 0 fully saturated rings. The Morgan fingerprint density at radius 2 is 1.92 bits per heavy atom. The molecule has 0 amide bonds. The Hall–Kier alpha value is -0.350. The Balaban J connectivity index is 3.01. The van der Waals surface area contributed by atoms with Gasteiger partial charge in [-0.05, 0) is 27.2 Å². The molecule has 0 radical (unpaired) electrons. The molecule has 0 bridgehead atoms. The van der Waals surface area contributed by atoms with Gasteiger partial charge in [0.25, 0.3) is 0 Å². The molecule has 4 heteroatoms. The van der Waals surface area contributed by atoms with Gasteiger partial charge in [-0.15, -0.1) is 0 Å². The molecule has 3 nitrogen and oxygen atoms in total. The van der Waals surface area contributed by atoms with E-state index in [0.29, 0.717) is 6.54 Å². The maximum Gasteiger partial charge on any atom is 0.236 e. The highest BCUT2D eigenvalue weighted by Gasteiger charge is 2.31. The van der Waals surface area contributed by atoms with Crippen LogP contribution >= 0.6 is 0 Å². The van der Waals surface area contributed by atoms with Gasteiger partial charge >= 0.3 is 0 Å². The first-order valence-corrected chi connectivity index (χ1v) is 5.54. The summed E-state index contributed by atoms with van der Waals surface area (Å²) in [6.45, 7) is 6.32. The molecule has 0 saturated carbocycles. The van der Waals surface area contributed by atoms with Crippen LogP contribution in [0.4, 0.5) is 0 Å². The average molecular weight is 189 g/mol.